The van der Waals surface area contributed by atoms with Crippen molar-refractivity contribution in [2.24, 2.45) is 5.92 Å². The molecule has 0 spiro atoms. The zero-order valence-electron chi connectivity index (χ0n) is 8.29. The molecular formula is C10H17NO2S. The standard InChI is InChI=1S/C10H17NO2S/c12-9-6-5-8(10(13)11-9)4-2-1-3-7-14/h8,14H,1-7H2,(H,11,12,13). The number of rotatable bonds is 5. The molecule has 0 saturated carbocycles. The van der Waals surface area contributed by atoms with E-state index in [2.05, 4.69) is 17.9 Å². The Morgan fingerprint density at radius 2 is 2.07 bits per heavy atom. The van der Waals surface area contributed by atoms with Gasteiger partial charge in [-0.2, -0.15) is 12.6 Å². The Labute approximate surface area is 90.0 Å². The van der Waals surface area contributed by atoms with Gasteiger partial charge in [0.15, 0.2) is 0 Å². The van der Waals surface area contributed by atoms with Gasteiger partial charge in [0, 0.05) is 12.3 Å². The zero-order chi connectivity index (χ0) is 10.4. The first-order valence-corrected chi connectivity index (χ1v) is 5.82. The number of amides is 2. The summed E-state index contributed by atoms with van der Waals surface area (Å²) in [6.45, 7) is 0. The molecule has 1 fully saturated rings. The molecule has 1 rings (SSSR count). The summed E-state index contributed by atoms with van der Waals surface area (Å²) in [5.74, 6) is 0.774. The van der Waals surface area contributed by atoms with Crippen molar-refractivity contribution >= 4 is 24.4 Å². The number of thiol groups is 1. The molecule has 1 N–H and O–H groups in total. The fourth-order valence-corrected chi connectivity index (χ4v) is 1.92. The van der Waals surface area contributed by atoms with E-state index in [4.69, 9.17) is 0 Å². The minimum atomic E-state index is -0.124. The molecular weight excluding hydrogens is 198 g/mol. The summed E-state index contributed by atoms with van der Waals surface area (Å²) in [4.78, 5) is 22.2. The maximum absolute atomic E-state index is 11.3. The van der Waals surface area contributed by atoms with Gasteiger partial charge in [-0.15, -0.1) is 0 Å². The van der Waals surface area contributed by atoms with Crippen LogP contribution in [-0.4, -0.2) is 17.6 Å². The zero-order valence-corrected chi connectivity index (χ0v) is 9.19. The maximum Gasteiger partial charge on any atom is 0.229 e. The molecule has 1 heterocycles. The van der Waals surface area contributed by atoms with Gasteiger partial charge in [-0.25, -0.2) is 0 Å². The van der Waals surface area contributed by atoms with Gasteiger partial charge < -0.3 is 0 Å². The molecule has 1 atom stereocenters. The minimum Gasteiger partial charge on any atom is -0.296 e. The van der Waals surface area contributed by atoms with Crippen LogP contribution >= 0.6 is 12.6 Å². The van der Waals surface area contributed by atoms with Crippen LogP contribution in [0.3, 0.4) is 0 Å². The van der Waals surface area contributed by atoms with Gasteiger partial charge in [0.25, 0.3) is 0 Å². The van der Waals surface area contributed by atoms with Crippen LogP contribution in [0.2, 0.25) is 0 Å². The van der Waals surface area contributed by atoms with Gasteiger partial charge >= 0.3 is 0 Å². The molecule has 4 heteroatoms. The number of carbonyl (C=O) groups excluding carboxylic acids is 2. The molecule has 0 aromatic heterocycles. The molecule has 0 aliphatic carbocycles. The van der Waals surface area contributed by atoms with Crippen LogP contribution in [0, 0.1) is 5.92 Å². The number of carbonyl (C=O) groups is 2. The molecule has 0 aromatic carbocycles. The highest BCUT2D eigenvalue weighted by Gasteiger charge is 2.25. The molecule has 1 aliphatic rings. The van der Waals surface area contributed by atoms with Crippen LogP contribution < -0.4 is 5.32 Å². The van der Waals surface area contributed by atoms with Gasteiger partial charge in [0.1, 0.15) is 0 Å². The summed E-state index contributed by atoms with van der Waals surface area (Å²) in [6.07, 6.45) is 5.44. The molecule has 1 saturated heterocycles. The Balaban J connectivity index is 2.17. The molecule has 0 aromatic rings. The molecule has 0 bridgehead atoms. The van der Waals surface area contributed by atoms with Crippen LogP contribution in [0.4, 0.5) is 0 Å². The summed E-state index contributed by atoms with van der Waals surface area (Å²) in [5, 5.41) is 2.38. The number of unbranched alkanes of at least 4 members (excludes halogenated alkanes) is 2. The first kappa shape index (κ1) is 11.6. The van der Waals surface area contributed by atoms with Crippen molar-refractivity contribution in [1.29, 1.82) is 0 Å². The number of hydrogen-bond acceptors (Lipinski definition) is 3. The van der Waals surface area contributed by atoms with Crippen LogP contribution in [0.15, 0.2) is 0 Å². The van der Waals surface area contributed by atoms with Gasteiger partial charge in [-0.1, -0.05) is 12.8 Å². The van der Waals surface area contributed by atoms with Crippen molar-refractivity contribution in [2.45, 2.75) is 38.5 Å². The highest BCUT2D eigenvalue weighted by atomic mass is 32.1. The molecule has 14 heavy (non-hydrogen) atoms. The lowest BCUT2D eigenvalue weighted by Gasteiger charge is -2.20. The normalized spacial score (nSPS) is 22.2. The van der Waals surface area contributed by atoms with Gasteiger partial charge in [-0.3, -0.25) is 14.9 Å². The topological polar surface area (TPSA) is 46.2 Å². The van der Waals surface area contributed by atoms with E-state index < -0.39 is 0 Å². The van der Waals surface area contributed by atoms with Gasteiger partial charge in [0.05, 0.1) is 0 Å². The lowest BCUT2D eigenvalue weighted by molar-refractivity contribution is -0.136. The Morgan fingerprint density at radius 1 is 1.29 bits per heavy atom. The van der Waals surface area contributed by atoms with Crippen molar-refractivity contribution in [3.63, 3.8) is 0 Å². The number of imide groups is 1. The Hall–Kier alpha value is -0.510. The van der Waals surface area contributed by atoms with Crippen LogP contribution in [0.5, 0.6) is 0 Å². The fraction of sp³-hybridized carbons (Fsp3) is 0.800. The summed E-state index contributed by atoms with van der Waals surface area (Å²) in [7, 11) is 0. The largest absolute Gasteiger partial charge is 0.296 e. The first-order valence-electron chi connectivity index (χ1n) is 5.18. The van der Waals surface area contributed by atoms with Crippen molar-refractivity contribution < 1.29 is 9.59 Å². The van der Waals surface area contributed by atoms with E-state index in [0.29, 0.717) is 6.42 Å². The second kappa shape index (κ2) is 6.06. The highest BCUT2D eigenvalue weighted by molar-refractivity contribution is 7.80. The van der Waals surface area contributed by atoms with Crippen molar-refractivity contribution in [3.8, 4) is 0 Å². The van der Waals surface area contributed by atoms with E-state index in [1.165, 1.54) is 0 Å². The predicted octanol–water partition coefficient (Wildman–Crippen LogP) is 1.53. The molecule has 3 nitrogen and oxygen atoms in total. The lowest BCUT2D eigenvalue weighted by atomic mass is 9.92. The Morgan fingerprint density at radius 3 is 2.71 bits per heavy atom. The van der Waals surface area contributed by atoms with Crippen molar-refractivity contribution in [3.05, 3.63) is 0 Å². The third-order valence-electron chi connectivity index (χ3n) is 2.56. The van der Waals surface area contributed by atoms with Gasteiger partial charge in [-0.05, 0) is 25.0 Å². The third kappa shape index (κ3) is 3.70. The third-order valence-corrected chi connectivity index (χ3v) is 2.88. The summed E-state index contributed by atoms with van der Waals surface area (Å²) in [5.41, 5.74) is 0. The predicted molar refractivity (Wildman–Crippen MR) is 58.2 cm³/mol. The molecule has 0 radical (unpaired) electrons. The van der Waals surface area contributed by atoms with E-state index in [1.807, 2.05) is 0 Å². The Kier molecular flexibility index (Phi) is 5.01. The quantitative estimate of drug-likeness (QED) is 0.415. The summed E-state index contributed by atoms with van der Waals surface area (Å²) >= 11 is 4.13. The minimum absolute atomic E-state index is 0.0626. The van der Waals surface area contributed by atoms with Crippen molar-refractivity contribution in [2.75, 3.05) is 5.75 Å². The van der Waals surface area contributed by atoms with Crippen LogP contribution in [0.1, 0.15) is 38.5 Å². The van der Waals surface area contributed by atoms with Gasteiger partial charge in [0.2, 0.25) is 11.8 Å². The smallest absolute Gasteiger partial charge is 0.229 e. The molecule has 1 aliphatic heterocycles. The van der Waals surface area contributed by atoms with E-state index in [-0.39, 0.29) is 17.7 Å². The second-order valence-electron chi connectivity index (χ2n) is 3.72. The second-order valence-corrected chi connectivity index (χ2v) is 4.17. The summed E-state index contributed by atoms with van der Waals surface area (Å²) < 4.78 is 0. The molecule has 80 valence electrons. The first-order chi connectivity index (χ1) is 6.74. The molecule has 1 unspecified atom stereocenters. The number of nitrogens with one attached hydrogen (secondary N) is 1. The average molecular weight is 215 g/mol. The van der Waals surface area contributed by atoms with Crippen LogP contribution in [-0.2, 0) is 9.59 Å². The van der Waals surface area contributed by atoms with E-state index in [1.54, 1.807) is 0 Å². The number of hydrogen-bond donors (Lipinski definition) is 2. The highest BCUT2D eigenvalue weighted by Crippen LogP contribution is 2.19. The summed E-state index contributed by atoms with van der Waals surface area (Å²) in [6, 6.07) is 0. The Bertz CT molecular complexity index is 218. The van der Waals surface area contributed by atoms with E-state index in [9.17, 15) is 9.59 Å². The fourth-order valence-electron chi connectivity index (χ4n) is 1.69. The number of piperidine rings is 1. The molecule has 2 amide bonds. The van der Waals surface area contributed by atoms with Crippen molar-refractivity contribution in [1.82, 2.24) is 5.32 Å². The van der Waals surface area contributed by atoms with E-state index in [0.717, 1.165) is 37.9 Å². The van der Waals surface area contributed by atoms with E-state index >= 15 is 0 Å². The SMILES string of the molecule is O=C1CCC(CCCCCS)C(=O)N1. The monoisotopic (exact) mass is 215 g/mol. The maximum atomic E-state index is 11.3. The average Bonchev–Trinajstić information content (AvgIpc) is 2.15. The lowest BCUT2D eigenvalue weighted by Crippen LogP contribution is -2.40. The van der Waals surface area contributed by atoms with Crippen LogP contribution in [0.25, 0.3) is 0 Å².